The summed E-state index contributed by atoms with van der Waals surface area (Å²) in [5, 5.41) is 0. The molecule has 0 saturated heterocycles. The number of rotatable bonds is 0. The van der Waals surface area contributed by atoms with Gasteiger partial charge in [-0.25, -0.2) is 4.58 Å². The summed E-state index contributed by atoms with van der Waals surface area (Å²) >= 11 is 0. The lowest BCUT2D eigenvalue weighted by atomic mass is 10.1. The summed E-state index contributed by atoms with van der Waals surface area (Å²) in [7, 11) is 0. The van der Waals surface area contributed by atoms with Crippen LogP contribution in [0.2, 0.25) is 0 Å². The summed E-state index contributed by atoms with van der Waals surface area (Å²) in [6.45, 7) is 1.20. The van der Waals surface area contributed by atoms with Crippen LogP contribution in [0.4, 0.5) is 0 Å². The SMILES string of the molecule is C1=CCC2C=CCC[N+]2=C1. The Hall–Kier alpha value is -0.850. The highest BCUT2D eigenvalue weighted by Crippen LogP contribution is 2.10. The van der Waals surface area contributed by atoms with Gasteiger partial charge in [-0.1, -0.05) is 12.2 Å². The predicted octanol–water partition coefficient (Wildman–Crippen LogP) is 1.36. The zero-order chi connectivity index (χ0) is 6.81. The maximum absolute atomic E-state index is 2.40. The molecule has 1 unspecified atom stereocenters. The van der Waals surface area contributed by atoms with Crippen molar-refractivity contribution in [3.63, 3.8) is 0 Å². The summed E-state index contributed by atoms with van der Waals surface area (Å²) in [6, 6.07) is 0.666. The van der Waals surface area contributed by atoms with E-state index in [2.05, 4.69) is 35.1 Å². The van der Waals surface area contributed by atoms with E-state index in [1.54, 1.807) is 0 Å². The summed E-state index contributed by atoms with van der Waals surface area (Å²) in [6.07, 6.45) is 13.6. The molecule has 0 spiro atoms. The smallest absolute Gasteiger partial charge is 0.174 e. The Labute approximate surface area is 61.4 Å². The molecule has 0 amide bonds. The molecule has 0 aromatic rings. The highest BCUT2D eigenvalue weighted by molar-refractivity contribution is 5.67. The third-order valence-electron chi connectivity index (χ3n) is 2.13. The van der Waals surface area contributed by atoms with E-state index >= 15 is 0 Å². The molecule has 0 bridgehead atoms. The van der Waals surface area contributed by atoms with Gasteiger partial charge in [-0.05, 0) is 12.2 Å². The largest absolute Gasteiger partial charge is 0.229 e. The minimum absolute atomic E-state index is 0.666. The van der Waals surface area contributed by atoms with Gasteiger partial charge in [-0.2, -0.15) is 0 Å². The normalized spacial score (nSPS) is 29.6. The monoisotopic (exact) mass is 134 g/mol. The van der Waals surface area contributed by atoms with Crippen molar-refractivity contribution in [2.75, 3.05) is 6.54 Å². The van der Waals surface area contributed by atoms with E-state index in [0.29, 0.717) is 6.04 Å². The summed E-state index contributed by atoms with van der Waals surface area (Å²) < 4.78 is 2.40. The summed E-state index contributed by atoms with van der Waals surface area (Å²) in [4.78, 5) is 0. The maximum Gasteiger partial charge on any atom is 0.174 e. The van der Waals surface area contributed by atoms with Crippen LogP contribution in [-0.2, 0) is 0 Å². The minimum Gasteiger partial charge on any atom is -0.229 e. The van der Waals surface area contributed by atoms with Gasteiger partial charge in [0.05, 0.1) is 0 Å². The number of fused-ring (bicyclic) bond motifs is 1. The number of hydrogen-bond acceptors (Lipinski definition) is 0. The van der Waals surface area contributed by atoms with Crippen LogP contribution in [0.1, 0.15) is 12.8 Å². The highest BCUT2D eigenvalue weighted by Gasteiger charge is 2.19. The fourth-order valence-corrected chi connectivity index (χ4v) is 1.54. The topological polar surface area (TPSA) is 3.01 Å². The second-order valence-electron chi connectivity index (χ2n) is 2.83. The van der Waals surface area contributed by atoms with Gasteiger partial charge >= 0.3 is 0 Å². The Bertz CT molecular complexity index is 211. The standard InChI is InChI=1S/C9H12N/c1-3-7-10-8-4-2-6-9(10)5-1/h1-3,6-7,9H,4-5,8H2/q+1. The zero-order valence-corrected chi connectivity index (χ0v) is 6.03. The van der Waals surface area contributed by atoms with Gasteiger partial charge in [0, 0.05) is 12.8 Å². The third kappa shape index (κ3) is 0.919. The average molecular weight is 134 g/mol. The van der Waals surface area contributed by atoms with E-state index < -0.39 is 0 Å². The number of nitrogens with zero attached hydrogens (tertiary/aromatic N) is 1. The summed E-state index contributed by atoms with van der Waals surface area (Å²) in [5.74, 6) is 0. The van der Waals surface area contributed by atoms with Crippen LogP contribution in [0, 0.1) is 0 Å². The molecule has 2 aliphatic heterocycles. The van der Waals surface area contributed by atoms with Crippen molar-refractivity contribution in [3.8, 4) is 0 Å². The van der Waals surface area contributed by atoms with Crippen molar-refractivity contribution in [3.05, 3.63) is 24.3 Å². The van der Waals surface area contributed by atoms with E-state index in [1.165, 1.54) is 19.4 Å². The second-order valence-corrected chi connectivity index (χ2v) is 2.83. The lowest BCUT2D eigenvalue weighted by molar-refractivity contribution is -0.552. The van der Waals surface area contributed by atoms with Gasteiger partial charge in [0.1, 0.15) is 6.54 Å². The molecule has 2 aliphatic rings. The first kappa shape index (κ1) is 5.90. The minimum atomic E-state index is 0.666. The van der Waals surface area contributed by atoms with E-state index in [0.717, 1.165) is 0 Å². The predicted molar refractivity (Wildman–Crippen MR) is 42.5 cm³/mol. The quantitative estimate of drug-likeness (QED) is 0.347. The average Bonchev–Trinajstić information content (AvgIpc) is 2.05. The molecule has 0 aromatic carbocycles. The molecule has 10 heavy (non-hydrogen) atoms. The fourth-order valence-electron chi connectivity index (χ4n) is 1.54. The lowest BCUT2D eigenvalue weighted by Crippen LogP contribution is -2.30. The molecule has 0 N–H and O–H groups in total. The van der Waals surface area contributed by atoms with Crippen LogP contribution in [0.3, 0.4) is 0 Å². The molecule has 0 aliphatic carbocycles. The van der Waals surface area contributed by atoms with Crippen LogP contribution in [0.25, 0.3) is 0 Å². The third-order valence-corrected chi connectivity index (χ3v) is 2.13. The van der Waals surface area contributed by atoms with Gasteiger partial charge in [-0.15, -0.1) is 0 Å². The van der Waals surface area contributed by atoms with Crippen LogP contribution in [0.15, 0.2) is 24.3 Å². The van der Waals surface area contributed by atoms with Crippen LogP contribution in [-0.4, -0.2) is 23.4 Å². The van der Waals surface area contributed by atoms with Crippen molar-refractivity contribution in [2.24, 2.45) is 0 Å². The zero-order valence-electron chi connectivity index (χ0n) is 6.03. The molecule has 1 nitrogen and oxygen atoms in total. The molecule has 2 rings (SSSR count). The first-order chi connectivity index (χ1) is 4.97. The van der Waals surface area contributed by atoms with E-state index in [1.807, 2.05) is 0 Å². The molecular formula is C9H12N+. The first-order valence-corrected chi connectivity index (χ1v) is 3.89. The van der Waals surface area contributed by atoms with Crippen molar-refractivity contribution in [1.82, 2.24) is 0 Å². The van der Waals surface area contributed by atoms with Crippen LogP contribution >= 0.6 is 0 Å². The molecule has 0 saturated carbocycles. The Morgan fingerprint density at radius 2 is 2.30 bits per heavy atom. The van der Waals surface area contributed by atoms with E-state index in [9.17, 15) is 0 Å². The van der Waals surface area contributed by atoms with Gasteiger partial charge in [-0.3, -0.25) is 0 Å². The summed E-state index contributed by atoms with van der Waals surface area (Å²) in [5.41, 5.74) is 0. The van der Waals surface area contributed by atoms with Crippen molar-refractivity contribution < 1.29 is 4.58 Å². The molecule has 1 heteroatoms. The van der Waals surface area contributed by atoms with Gasteiger partial charge in [0.2, 0.25) is 0 Å². The molecule has 1 atom stereocenters. The van der Waals surface area contributed by atoms with E-state index in [-0.39, 0.29) is 0 Å². The van der Waals surface area contributed by atoms with Crippen LogP contribution in [0.5, 0.6) is 0 Å². The molecule has 52 valence electrons. The molecule has 0 radical (unpaired) electrons. The van der Waals surface area contributed by atoms with Crippen molar-refractivity contribution in [2.45, 2.75) is 18.9 Å². The number of hydrogen-bond donors (Lipinski definition) is 0. The Morgan fingerprint density at radius 3 is 3.20 bits per heavy atom. The van der Waals surface area contributed by atoms with E-state index in [4.69, 9.17) is 0 Å². The fraction of sp³-hybridized carbons (Fsp3) is 0.444. The van der Waals surface area contributed by atoms with Crippen LogP contribution < -0.4 is 0 Å². The molecule has 2 heterocycles. The van der Waals surface area contributed by atoms with Gasteiger partial charge in [0.15, 0.2) is 12.3 Å². The number of allylic oxidation sites excluding steroid dienone is 1. The molecular weight excluding hydrogens is 122 g/mol. The van der Waals surface area contributed by atoms with Gasteiger partial charge in [0.25, 0.3) is 0 Å². The van der Waals surface area contributed by atoms with Crippen molar-refractivity contribution >= 4 is 6.21 Å². The lowest BCUT2D eigenvalue weighted by Gasteiger charge is -2.15. The highest BCUT2D eigenvalue weighted by atomic mass is 15.0. The Balaban J connectivity index is 2.26. The second kappa shape index (κ2) is 2.41. The first-order valence-electron chi connectivity index (χ1n) is 3.89. The molecule has 0 aromatic heterocycles. The van der Waals surface area contributed by atoms with Gasteiger partial charge < -0.3 is 0 Å². The maximum atomic E-state index is 2.40. The molecule has 0 fully saturated rings. The Morgan fingerprint density at radius 1 is 1.30 bits per heavy atom. The van der Waals surface area contributed by atoms with Crippen molar-refractivity contribution in [1.29, 1.82) is 0 Å². The Kier molecular flexibility index (Phi) is 1.42.